The molecule has 3 N–H and O–H groups in total. The van der Waals surface area contributed by atoms with Crippen LogP contribution in [0, 0.1) is 0 Å². The summed E-state index contributed by atoms with van der Waals surface area (Å²) >= 11 is 0. The predicted octanol–water partition coefficient (Wildman–Crippen LogP) is 1.57. The summed E-state index contributed by atoms with van der Waals surface area (Å²) in [7, 11) is -3.81. The molecule has 1 aromatic carbocycles. The van der Waals surface area contributed by atoms with Crippen molar-refractivity contribution in [1.82, 2.24) is 5.32 Å². The zero-order chi connectivity index (χ0) is 14.8. The summed E-state index contributed by atoms with van der Waals surface area (Å²) in [5, 5.41) is 8.14. The molecule has 1 aromatic rings. The molecule has 0 saturated heterocycles. The Hall–Kier alpha value is -1.40. The van der Waals surface area contributed by atoms with Gasteiger partial charge in [-0.05, 0) is 37.0 Å². The Morgan fingerprint density at radius 1 is 1.35 bits per heavy atom. The van der Waals surface area contributed by atoms with E-state index in [0.29, 0.717) is 17.5 Å². The van der Waals surface area contributed by atoms with Gasteiger partial charge in [-0.15, -0.1) is 0 Å². The first-order valence-electron chi connectivity index (χ1n) is 6.88. The summed E-state index contributed by atoms with van der Waals surface area (Å²) in [6.45, 7) is 1.85. The second-order valence-corrected chi connectivity index (χ2v) is 6.71. The monoisotopic (exact) mass is 296 g/mol. The van der Waals surface area contributed by atoms with Crippen LogP contribution in [0.4, 0.5) is 0 Å². The van der Waals surface area contributed by atoms with Crippen molar-refractivity contribution in [2.45, 2.75) is 50.0 Å². The lowest BCUT2D eigenvalue weighted by atomic mass is 10.1. The normalized spacial score (nSPS) is 16.3. The summed E-state index contributed by atoms with van der Waals surface area (Å²) < 4.78 is 23.2. The van der Waals surface area contributed by atoms with E-state index in [2.05, 4.69) is 5.32 Å². The van der Waals surface area contributed by atoms with Gasteiger partial charge in [0, 0.05) is 11.6 Å². The van der Waals surface area contributed by atoms with Gasteiger partial charge in [-0.3, -0.25) is 4.79 Å². The van der Waals surface area contributed by atoms with E-state index in [-0.39, 0.29) is 16.8 Å². The summed E-state index contributed by atoms with van der Waals surface area (Å²) in [4.78, 5) is 12.2. The van der Waals surface area contributed by atoms with E-state index in [0.717, 1.165) is 25.7 Å². The summed E-state index contributed by atoms with van der Waals surface area (Å²) in [5.74, 6) is -0.232. The first-order chi connectivity index (χ1) is 9.41. The van der Waals surface area contributed by atoms with Crippen LogP contribution in [-0.4, -0.2) is 20.4 Å². The van der Waals surface area contributed by atoms with Crippen LogP contribution in [0.3, 0.4) is 0 Å². The minimum Gasteiger partial charge on any atom is -0.349 e. The molecule has 0 aromatic heterocycles. The number of benzene rings is 1. The number of nitrogens with one attached hydrogen (secondary N) is 1. The second kappa shape index (κ2) is 5.93. The molecule has 0 bridgehead atoms. The van der Waals surface area contributed by atoms with Gasteiger partial charge >= 0.3 is 0 Å². The Morgan fingerprint density at radius 2 is 2.00 bits per heavy atom. The molecule has 6 heteroatoms. The van der Waals surface area contributed by atoms with Gasteiger partial charge in [0.05, 0.1) is 4.90 Å². The minimum absolute atomic E-state index is 0.0408. The van der Waals surface area contributed by atoms with Crippen LogP contribution in [0.2, 0.25) is 0 Å². The Balaban J connectivity index is 2.26. The van der Waals surface area contributed by atoms with Gasteiger partial charge in [0.25, 0.3) is 5.91 Å². The minimum atomic E-state index is -3.81. The molecule has 0 radical (unpaired) electrons. The van der Waals surface area contributed by atoms with E-state index in [1.165, 1.54) is 6.07 Å². The summed E-state index contributed by atoms with van der Waals surface area (Å²) in [6.07, 6.45) is 4.78. The number of carbonyl (C=O) groups is 1. The SMILES string of the molecule is CCc1ccc(C(=O)NC2CCCC2)cc1S(N)(=O)=O. The second-order valence-electron chi connectivity index (χ2n) is 5.18. The topological polar surface area (TPSA) is 89.3 Å². The fourth-order valence-electron chi connectivity index (χ4n) is 2.59. The Morgan fingerprint density at radius 3 is 2.55 bits per heavy atom. The molecule has 1 aliphatic carbocycles. The third kappa shape index (κ3) is 3.37. The highest BCUT2D eigenvalue weighted by Gasteiger charge is 2.20. The number of aryl methyl sites for hydroxylation is 1. The van der Waals surface area contributed by atoms with Crippen LogP contribution < -0.4 is 10.5 Å². The lowest BCUT2D eigenvalue weighted by Crippen LogP contribution is -2.32. The maximum absolute atomic E-state index is 12.1. The van der Waals surface area contributed by atoms with Crippen molar-refractivity contribution in [3.05, 3.63) is 29.3 Å². The van der Waals surface area contributed by atoms with E-state index >= 15 is 0 Å². The largest absolute Gasteiger partial charge is 0.349 e. The van der Waals surface area contributed by atoms with E-state index in [1.807, 2.05) is 6.92 Å². The predicted molar refractivity (Wildman–Crippen MR) is 76.9 cm³/mol. The highest BCUT2D eigenvalue weighted by Crippen LogP contribution is 2.20. The first kappa shape index (κ1) is 15.0. The molecule has 110 valence electrons. The third-order valence-corrected chi connectivity index (χ3v) is 4.70. The molecular formula is C14H20N2O3S. The third-order valence-electron chi connectivity index (χ3n) is 3.71. The van der Waals surface area contributed by atoms with Crippen LogP contribution >= 0.6 is 0 Å². The molecule has 0 aliphatic heterocycles. The van der Waals surface area contributed by atoms with Gasteiger partial charge in [0.1, 0.15) is 0 Å². The average Bonchev–Trinajstić information content (AvgIpc) is 2.89. The lowest BCUT2D eigenvalue weighted by Gasteiger charge is -2.13. The number of rotatable bonds is 4. The van der Waals surface area contributed by atoms with Crippen LogP contribution in [0.5, 0.6) is 0 Å². The number of amides is 1. The van der Waals surface area contributed by atoms with Gasteiger partial charge in [-0.2, -0.15) is 0 Å². The summed E-state index contributed by atoms with van der Waals surface area (Å²) in [5.41, 5.74) is 0.975. The molecule has 2 rings (SSSR count). The van der Waals surface area contributed by atoms with E-state index in [1.54, 1.807) is 12.1 Å². The Kier molecular flexibility index (Phi) is 4.45. The van der Waals surface area contributed by atoms with Crippen LogP contribution in [-0.2, 0) is 16.4 Å². The van der Waals surface area contributed by atoms with Crippen molar-refractivity contribution in [2.24, 2.45) is 5.14 Å². The smallest absolute Gasteiger partial charge is 0.251 e. The van der Waals surface area contributed by atoms with E-state index < -0.39 is 10.0 Å². The molecule has 0 unspecified atom stereocenters. The van der Waals surface area contributed by atoms with Gasteiger partial charge in [0.15, 0.2) is 0 Å². The maximum atomic E-state index is 12.1. The molecule has 0 heterocycles. The van der Waals surface area contributed by atoms with Crippen molar-refractivity contribution in [3.8, 4) is 0 Å². The van der Waals surface area contributed by atoms with Crippen molar-refractivity contribution in [1.29, 1.82) is 0 Å². The fourth-order valence-corrected chi connectivity index (χ4v) is 3.46. The molecule has 1 amide bonds. The lowest BCUT2D eigenvalue weighted by molar-refractivity contribution is 0.0937. The highest BCUT2D eigenvalue weighted by molar-refractivity contribution is 7.89. The first-order valence-corrected chi connectivity index (χ1v) is 8.43. The van der Waals surface area contributed by atoms with Crippen LogP contribution in [0.15, 0.2) is 23.1 Å². The fraction of sp³-hybridized carbons (Fsp3) is 0.500. The number of hydrogen-bond acceptors (Lipinski definition) is 3. The number of carbonyl (C=O) groups excluding carboxylic acids is 1. The van der Waals surface area contributed by atoms with Crippen LogP contribution in [0.25, 0.3) is 0 Å². The number of hydrogen-bond donors (Lipinski definition) is 2. The Bertz CT molecular complexity index is 605. The van der Waals surface area contributed by atoms with Gasteiger partial charge in [-0.25, -0.2) is 13.6 Å². The molecule has 1 saturated carbocycles. The maximum Gasteiger partial charge on any atom is 0.251 e. The van der Waals surface area contributed by atoms with Gasteiger partial charge in [-0.1, -0.05) is 25.8 Å². The zero-order valence-corrected chi connectivity index (χ0v) is 12.4. The average molecular weight is 296 g/mol. The molecule has 1 fully saturated rings. The van der Waals surface area contributed by atoms with Crippen molar-refractivity contribution in [2.75, 3.05) is 0 Å². The Labute approximate surface area is 119 Å². The van der Waals surface area contributed by atoms with Gasteiger partial charge in [0.2, 0.25) is 10.0 Å². The number of nitrogens with two attached hydrogens (primary N) is 1. The van der Waals surface area contributed by atoms with E-state index in [9.17, 15) is 13.2 Å². The van der Waals surface area contributed by atoms with Crippen LogP contribution in [0.1, 0.15) is 48.5 Å². The van der Waals surface area contributed by atoms with Gasteiger partial charge < -0.3 is 5.32 Å². The van der Waals surface area contributed by atoms with Crippen molar-refractivity contribution >= 4 is 15.9 Å². The number of sulfonamides is 1. The molecule has 0 spiro atoms. The quantitative estimate of drug-likeness (QED) is 0.883. The summed E-state index contributed by atoms with van der Waals surface area (Å²) in [6, 6.07) is 4.88. The standard InChI is InChI=1S/C14H20N2O3S/c1-2-10-7-8-11(9-13(10)20(15,18)19)14(17)16-12-5-3-4-6-12/h7-9,12H,2-6H2,1H3,(H,16,17)(H2,15,18,19). The molecule has 1 aliphatic rings. The van der Waals surface area contributed by atoms with E-state index in [4.69, 9.17) is 5.14 Å². The van der Waals surface area contributed by atoms with Crippen molar-refractivity contribution < 1.29 is 13.2 Å². The zero-order valence-electron chi connectivity index (χ0n) is 11.6. The molecular weight excluding hydrogens is 276 g/mol. The molecule has 20 heavy (non-hydrogen) atoms. The molecule has 0 atom stereocenters. The van der Waals surface area contributed by atoms with Crippen molar-refractivity contribution in [3.63, 3.8) is 0 Å². The number of primary sulfonamides is 1. The molecule has 5 nitrogen and oxygen atoms in total. The highest BCUT2D eigenvalue weighted by atomic mass is 32.2.